The van der Waals surface area contributed by atoms with Gasteiger partial charge in [0, 0.05) is 0 Å². The van der Waals surface area contributed by atoms with Crippen molar-refractivity contribution in [3.63, 3.8) is 0 Å². The van der Waals surface area contributed by atoms with Gasteiger partial charge < -0.3 is 14.2 Å². The lowest BCUT2D eigenvalue weighted by Gasteiger charge is -2.12. The highest BCUT2D eigenvalue weighted by Gasteiger charge is 2.24. The zero-order valence-electron chi connectivity index (χ0n) is 15.1. The van der Waals surface area contributed by atoms with Crippen molar-refractivity contribution in [3.05, 3.63) is 59.6 Å². The van der Waals surface area contributed by atoms with Gasteiger partial charge in [-0.1, -0.05) is 12.1 Å². The van der Waals surface area contributed by atoms with Crippen molar-refractivity contribution in [2.45, 2.75) is 32.6 Å². The molecule has 1 aliphatic carbocycles. The van der Waals surface area contributed by atoms with Gasteiger partial charge in [0.1, 0.15) is 11.3 Å². The van der Waals surface area contributed by atoms with Crippen molar-refractivity contribution in [2.75, 3.05) is 13.2 Å². The van der Waals surface area contributed by atoms with Crippen LogP contribution in [0, 0.1) is 0 Å². The van der Waals surface area contributed by atoms with E-state index in [0.717, 1.165) is 0 Å². The molecule has 1 aliphatic rings. The highest BCUT2D eigenvalue weighted by atomic mass is 16.5. The van der Waals surface area contributed by atoms with Crippen LogP contribution < -0.4 is 4.74 Å². The van der Waals surface area contributed by atoms with E-state index in [4.69, 9.17) is 14.2 Å². The van der Waals surface area contributed by atoms with Gasteiger partial charge in [0.2, 0.25) is 0 Å². The van der Waals surface area contributed by atoms with E-state index < -0.39 is 5.97 Å². The van der Waals surface area contributed by atoms with Gasteiger partial charge in [-0.15, -0.1) is 0 Å². The maximum atomic E-state index is 12.3. The molecule has 1 heterocycles. The summed E-state index contributed by atoms with van der Waals surface area (Å²) < 4.78 is 16.3. The summed E-state index contributed by atoms with van der Waals surface area (Å²) >= 11 is 0. The molecule has 0 atom stereocenters. The zero-order valence-corrected chi connectivity index (χ0v) is 15.1. The molecule has 0 radical (unpaired) electrons. The van der Waals surface area contributed by atoms with Crippen LogP contribution in [0.2, 0.25) is 0 Å². The quantitative estimate of drug-likeness (QED) is 0.497. The van der Waals surface area contributed by atoms with Crippen molar-refractivity contribution < 1.29 is 19.0 Å². The molecule has 1 saturated carbocycles. The summed E-state index contributed by atoms with van der Waals surface area (Å²) in [7, 11) is 0. The fourth-order valence-electron chi connectivity index (χ4n) is 2.59. The molecule has 136 valence electrons. The van der Waals surface area contributed by atoms with Crippen molar-refractivity contribution >= 4 is 12.0 Å². The first kappa shape index (κ1) is 18.0. The molecular weight excluding hydrogens is 330 g/mol. The van der Waals surface area contributed by atoms with Crippen molar-refractivity contribution in [2.24, 2.45) is 0 Å². The number of carbonyl (C=O) groups is 1. The third-order valence-electron chi connectivity index (χ3n) is 4.02. The van der Waals surface area contributed by atoms with Gasteiger partial charge in [-0.2, -0.15) is 0 Å². The van der Waals surface area contributed by atoms with Crippen molar-refractivity contribution in [1.29, 1.82) is 0 Å². The summed E-state index contributed by atoms with van der Waals surface area (Å²) in [4.78, 5) is 16.7. The highest BCUT2D eigenvalue weighted by Crippen LogP contribution is 2.41. The number of hydrogen-bond donors (Lipinski definition) is 0. The maximum Gasteiger partial charge on any atom is 0.342 e. The van der Waals surface area contributed by atoms with E-state index in [1.54, 1.807) is 31.5 Å². The number of pyridine rings is 1. The van der Waals surface area contributed by atoms with E-state index in [0.29, 0.717) is 41.9 Å². The lowest BCUT2D eigenvalue weighted by atomic mass is 10.1. The van der Waals surface area contributed by atoms with Crippen molar-refractivity contribution in [3.8, 4) is 11.5 Å². The SMILES string of the molecule is CCO/C=C/c1cc(C(=O)OCC)c(Oc2cccc(C3CC3)c2)cn1. The molecule has 1 aromatic carbocycles. The van der Waals surface area contributed by atoms with Crippen LogP contribution in [0.5, 0.6) is 11.5 Å². The summed E-state index contributed by atoms with van der Waals surface area (Å²) in [5.41, 5.74) is 2.21. The molecule has 5 heteroatoms. The molecule has 0 bridgehead atoms. The van der Waals surface area contributed by atoms with Crippen LogP contribution in [0.25, 0.3) is 6.08 Å². The molecule has 2 aromatic rings. The molecule has 0 aliphatic heterocycles. The van der Waals surface area contributed by atoms with E-state index in [1.807, 2.05) is 25.1 Å². The summed E-state index contributed by atoms with van der Waals surface area (Å²) in [6.07, 6.45) is 7.24. The highest BCUT2D eigenvalue weighted by molar-refractivity contribution is 5.93. The standard InChI is InChI=1S/C21H23NO4/c1-3-24-11-10-17-13-19(21(23)25-4-2)20(14-22-17)26-18-7-5-6-16(12-18)15-8-9-15/h5-7,10-15H,3-4,8-9H2,1-2H3/b11-10+. The van der Waals surface area contributed by atoms with Gasteiger partial charge >= 0.3 is 5.97 Å². The molecule has 5 nitrogen and oxygen atoms in total. The predicted octanol–water partition coefficient (Wildman–Crippen LogP) is 4.94. The first-order valence-electron chi connectivity index (χ1n) is 8.94. The molecule has 0 N–H and O–H groups in total. The minimum absolute atomic E-state index is 0.294. The summed E-state index contributed by atoms with van der Waals surface area (Å²) in [5, 5.41) is 0. The second-order valence-corrected chi connectivity index (χ2v) is 6.03. The van der Waals surface area contributed by atoms with Gasteiger partial charge in [0.15, 0.2) is 5.75 Å². The predicted molar refractivity (Wildman–Crippen MR) is 99.3 cm³/mol. The summed E-state index contributed by atoms with van der Waals surface area (Å²) in [6, 6.07) is 9.63. The van der Waals surface area contributed by atoms with Gasteiger partial charge in [-0.25, -0.2) is 4.79 Å². The number of ether oxygens (including phenoxy) is 3. The first-order valence-corrected chi connectivity index (χ1v) is 8.94. The number of benzene rings is 1. The third kappa shape index (κ3) is 4.63. The Morgan fingerprint density at radius 3 is 2.81 bits per heavy atom. The minimum atomic E-state index is -0.436. The lowest BCUT2D eigenvalue weighted by Crippen LogP contribution is -2.07. The third-order valence-corrected chi connectivity index (χ3v) is 4.02. The molecule has 1 fully saturated rings. The normalized spacial score (nSPS) is 13.6. The van der Waals surface area contributed by atoms with Crippen LogP contribution >= 0.6 is 0 Å². The topological polar surface area (TPSA) is 57.7 Å². The fourth-order valence-corrected chi connectivity index (χ4v) is 2.59. The molecule has 1 aromatic heterocycles. The molecule has 3 rings (SSSR count). The van der Waals surface area contributed by atoms with Crippen LogP contribution in [0.15, 0.2) is 42.8 Å². The number of rotatable bonds is 8. The zero-order chi connectivity index (χ0) is 18.4. The Morgan fingerprint density at radius 1 is 1.23 bits per heavy atom. The van der Waals surface area contributed by atoms with Crippen molar-refractivity contribution in [1.82, 2.24) is 4.98 Å². The number of carbonyl (C=O) groups excluding carboxylic acids is 1. The smallest absolute Gasteiger partial charge is 0.342 e. The first-order chi connectivity index (χ1) is 12.7. The second kappa shape index (κ2) is 8.52. The average Bonchev–Trinajstić information content (AvgIpc) is 3.49. The van der Waals surface area contributed by atoms with Crippen LogP contribution in [-0.2, 0) is 9.47 Å². The van der Waals surface area contributed by atoms with Crippen LogP contribution in [0.1, 0.15) is 54.2 Å². The lowest BCUT2D eigenvalue weighted by molar-refractivity contribution is 0.0523. The monoisotopic (exact) mass is 353 g/mol. The van der Waals surface area contributed by atoms with E-state index in [2.05, 4.69) is 11.1 Å². The van der Waals surface area contributed by atoms with E-state index >= 15 is 0 Å². The Kier molecular flexibility index (Phi) is 5.89. The fraction of sp³-hybridized carbons (Fsp3) is 0.333. The summed E-state index contributed by atoms with van der Waals surface area (Å²) in [5.74, 6) is 1.27. The minimum Gasteiger partial charge on any atom is -0.501 e. The van der Waals surface area contributed by atoms with Crippen LogP contribution in [0.3, 0.4) is 0 Å². The Bertz CT molecular complexity index is 796. The van der Waals surface area contributed by atoms with Gasteiger partial charge in [-0.3, -0.25) is 4.98 Å². The Morgan fingerprint density at radius 2 is 2.08 bits per heavy atom. The number of aromatic nitrogens is 1. The molecule has 0 unspecified atom stereocenters. The molecular formula is C21H23NO4. The molecule has 26 heavy (non-hydrogen) atoms. The number of hydrogen-bond acceptors (Lipinski definition) is 5. The van der Waals surface area contributed by atoms with E-state index in [-0.39, 0.29) is 0 Å². The number of esters is 1. The van der Waals surface area contributed by atoms with E-state index in [9.17, 15) is 4.79 Å². The second-order valence-electron chi connectivity index (χ2n) is 6.03. The molecule has 0 saturated heterocycles. The summed E-state index contributed by atoms with van der Waals surface area (Å²) in [6.45, 7) is 4.53. The Labute approximate surface area is 153 Å². The van der Waals surface area contributed by atoms with Crippen LogP contribution in [-0.4, -0.2) is 24.2 Å². The Hall–Kier alpha value is -2.82. The maximum absolute atomic E-state index is 12.3. The molecule has 0 amide bonds. The number of nitrogens with zero attached hydrogens (tertiary/aromatic N) is 1. The Balaban J connectivity index is 1.86. The largest absolute Gasteiger partial charge is 0.501 e. The van der Waals surface area contributed by atoms with Gasteiger partial charge in [0.05, 0.1) is 31.4 Å². The molecule has 0 spiro atoms. The van der Waals surface area contributed by atoms with Gasteiger partial charge in [0.25, 0.3) is 0 Å². The van der Waals surface area contributed by atoms with Gasteiger partial charge in [-0.05, 0) is 62.4 Å². The average molecular weight is 353 g/mol. The van der Waals surface area contributed by atoms with E-state index in [1.165, 1.54) is 18.4 Å². The van der Waals surface area contributed by atoms with Crippen LogP contribution in [0.4, 0.5) is 0 Å².